The zero-order chi connectivity index (χ0) is 13.2. The van der Waals surface area contributed by atoms with Crippen molar-refractivity contribution in [3.05, 3.63) is 42.2 Å². The van der Waals surface area contributed by atoms with Gasteiger partial charge in [0.25, 0.3) is 0 Å². The number of rotatable bonds is 3. The number of ketones is 1. The van der Waals surface area contributed by atoms with Crippen LogP contribution in [0.15, 0.2) is 30.7 Å². The second-order valence-corrected chi connectivity index (χ2v) is 4.97. The van der Waals surface area contributed by atoms with Crippen molar-refractivity contribution in [2.24, 2.45) is 7.05 Å². The smallest absolute Gasteiger partial charge is 0.244 e. The summed E-state index contributed by atoms with van der Waals surface area (Å²) in [5, 5.41) is 3.35. The summed E-state index contributed by atoms with van der Waals surface area (Å²) in [4.78, 5) is 16.7. The molecule has 0 bridgehead atoms. The van der Waals surface area contributed by atoms with Gasteiger partial charge in [0.05, 0.1) is 5.69 Å². The van der Waals surface area contributed by atoms with Crippen LogP contribution in [0.5, 0.6) is 0 Å². The molecule has 2 aromatic rings. The molecule has 0 spiro atoms. The Bertz CT molecular complexity index is 578. The van der Waals surface area contributed by atoms with Crippen molar-refractivity contribution in [1.82, 2.24) is 19.4 Å². The van der Waals surface area contributed by atoms with Gasteiger partial charge in [-0.05, 0) is 38.1 Å². The zero-order valence-electron chi connectivity index (χ0n) is 11.0. The van der Waals surface area contributed by atoms with Gasteiger partial charge >= 0.3 is 0 Å². The van der Waals surface area contributed by atoms with Crippen LogP contribution in [0.25, 0.3) is 0 Å². The fourth-order valence-corrected chi connectivity index (χ4v) is 2.69. The predicted molar refractivity (Wildman–Crippen MR) is 72.2 cm³/mol. The minimum absolute atomic E-state index is 0.00367. The molecule has 5 heteroatoms. The van der Waals surface area contributed by atoms with Crippen molar-refractivity contribution in [1.29, 1.82) is 0 Å². The number of hydrogen-bond donors (Lipinski definition) is 1. The maximum absolute atomic E-state index is 12.5. The Balaban J connectivity index is 1.91. The molecule has 0 atom stereocenters. The van der Waals surface area contributed by atoms with Crippen LogP contribution in [0.2, 0.25) is 0 Å². The number of nitrogens with zero attached hydrogens (tertiary/aromatic N) is 3. The molecular formula is C14H18N4O. The molecule has 1 aliphatic rings. The normalized spacial score (nSPS) is 16.7. The fourth-order valence-electron chi connectivity index (χ4n) is 2.69. The Hall–Kier alpha value is -1.88. The molecule has 3 heterocycles. The zero-order valence-corrected chi connectivity index (χ0v) is 11.0. The SMILES string of the molecule is Cn1ccnc1C(=O)c1cccn1C1CCNCC1. The van der Waals surface area contributed by atoms with Crippen molar-refractivity contribution < 1.29 is 4.79 Å². The van der Waals surface area contributed by atoms with E-state index >= 15 is 0 Å². The Morgan fingerprint density at radius 3 is 2.84 bits per heavy atom. The highest BCUT2D eigenvalue weighted by molar-refractivity contribution is 6.05. The van der Waals surface area contributed by atoms with Gasteiger partial charge in [0.2, 0.25) is 5.78 Å². The van der Waals surface area contributed by atoms with E-state index in [0.717, 1.165) is 31.6 Å². The number of piperidine rings is 1. The van der Waals surface area contributed by atoms with Gasteiger partial charge in [-0.15, -0.1) is 0 Å². The Kier molecular flexibility index (Phi) is 3.21. The molecular weight excluding hydrogens is 240 g/mol. The van der Waals surface area contributed by atoms with Crippen LogP contribution >= 0.6 is 0 Å². The molecule has 0 aliphatic carbocycles. The summed E-state index contributed by atoms with van der Waals surface area (Å²) in [6, 6.07) is 4.24. The number of aromatic nitrogens is 3. The number of aryl methyl sites for hydroxylation is 1. The monoisotopic (exact) mass is 258 g/mol. The van der Waals surface area contributed by atoms with E-state index < -0.39 is 0 Å². The fraction of sp³-hybridized carbons (Fsp3) is 0.429. The van der Waals surface area contributed by atoms with Crippen molar-refractivity contribution in [2.45, 2.75) is 18.9 Å². The van der Waals surface area contributed by atoms with E-state index in [1.807, 2.05) is 25.4 Å². The average Bonchev–Trinajstić information content (AvgIpc) is 3.07. The molecule has 0 unspecified atom stereocenters. The van der Waals surface area contributed by atoms with Crippen molar-refractivity contribution in [3.8, 4) is 0 Å². The van der Waals surface area contributed by atoms with Crippen LogP contribution in [0.3, 0.4) is 0 Å². The Morgan fingerprint density at radius 2 is 2.16 bits per heavy atom. The lowest BCUT2D eigenvalue weighted by molar-refractivity contribution is 0.101. The molecule has 1 fully saturated rings. The molecule has 2 aromatic heterocycles. The van der Waals surface area contributed by atoms with Crippen molar-refractivity contribution >= 4 is 5.78 Å². The maximum Gasteiger partial charge on any atom is 0.244 e. The highest BCUT2D eigenvalue weighted by Crippen LogP contribution is 2.22. The summed E-state index contributed by atoms with van der Waals surface area (Å²) < 4.78 is 3.87. The Morgan fingerprint density at radius 1 is 1.37 bits per heavy atom. The van der Waals surface area contributed by atoms with Gasteiger partial charge in [-0.1, -0.05) is 0 Å². The van der Waals surface area contributed by atoms with Crippen LogP contribution in [-0.4, -0.2) is 33.0 Å². The van der Waals surface area contributed by atoms with E-state index in [1.54, 1.807) is 17.0 Å². The summed E-state index contributed by atoms with van der Waals surface area (Å²) >= 11 is 0. The summed E-state index contributed by atoms with van der Waals surface area (Å²) in [6.45, 7) is 2.03. The molecule has 5 nitrogen and oxygen atoms in total. The molecule has 3 rings (SSSR count). The third kappa shape index (κ3) is 2.21. The Labute approximate surface area is 112 Å². The van der Waals surface area contributed by atoms with E-state index in [2.05, 4.69) is 14.9 Å². The standard InChI is InChI=1S/C14H18N4O/c1-17-10-8-16-14(17)13(19)12-3-2-9-18(12)11-4-6-15-7-5-11/h2-3,8-11,15H,4-7H2,1H3. The quantitative estimate of drug-likeness (QED) is 0.846. The van der Waals surface area contributed by atoms with Crippen LogP contribution in [0.1, 0.15) is 35.2 Å². The summed E-state index contributed by atoms with van der Waals surface area (Å²) in [6.07, 6.45) is 7.59. The lowest BCUT2D eigenvalue weighted by Gasteiger charge is -2.25. The number of carbonyl (C=O) groups is 1. The van der Waals surface area contributed by atoms with Gasteiger partial charge in [-0.3, -0.25) is 4.79 Å². The van der Waals surface area contributed by atoms with Crippen LogP contribution in [0, 0.1) is 0 Å². The highest BCUT2D eigenvalue weighted by atomic mass is 16.1. The third-order valence-electron chi connectivity index (χ3n) is 3.74. The first-order valence-corrected chi connectivity index (χ1v) is 6.67. The minimum Gasteiger partial charge on any atom is -0.342 e. The van der Waals surface area contributed by atoms with Crippen LogP contribution in [0.4, 0.5) is 0 Å². The maximum atomic E-state index is 12.5. The van der Waals surface area contributed by atoms with Crippen LogP contribution in [-0.2, 0) is 7.05 Å². The van der Waals surface area contributed by atoms with Crippen molar-refractivity contribution in [2.75, 3.05) is 13.1 Å². The van der Waals surface area contributed by atoms with Crippen molar-refractivity contribution in [3.63, 3.8) is 0 Å². The van der Waals surface area contributed by atoms with Crippen LogP contribution < -0.4 is 5.32 Å². The van der Waals surface area contributed by atoms with Gasteiger partial charge in [-0.2, -0.15) is 0 Å². The summed E-state index contributed by atoms with van der Waals surface area (Å²) in [7, 11) is 1.85. The van der Waals surface area contributed by atoms with Gasteiger partial charge in [0.1, 0.15) is 0 Å². The minimum atomic E-state index is -0.00367. The van der Waals surface area contributed by atoms with E-state index in [9.17, 15) is 4.79 Å². The topological polar surface area (TPSA) is 51.9 Å². The first kappa shape index (κ1) is 12.2. The number of imidazole rings is 1. The third-order valence-corrected chi connectivity index (χ3v) is 3.74. The molecule has 1 saturated heterocycles. The first-order valence-electron chi connectivity index (χ1n) is 6.67. The highest BCUT2D eigenvalue weighted by Gasteiger charge is 2.22. The lowest BCUT2D eigenvalue weighted by Crippen LogP contribution is -2.30. The van der Waals surface area contributed by atoms with Gasteiger partial charge < -0.3 is 14.5 Å². The lowest BCUT2D eigenvalue weighted by atomic mass is 10.1. The van der Waals surface area contributed by atoms with Gasteiger partial charge in [-0.25, -0.2) is 4.98 Å². The first-order chi connectivity index (χ1) is 9.27. The van der Waals surface area contributed by atoms with E-state index in [4.69, 9.17) is 0 Å². The number of carbonyl (C=O) groups excluding carboxylic acids is 1. The van der Waals surface area contributed by atoms with Gasteiger partial charge in [0.15, 0.2) is 5.82 Å². The molecule has 1 N–H and O–H groups in total. The molecule has 100 valence electrons. The second-order valence-electron chi connectivity index (χ2n) is 4.97. The largest absolute Gasteiger partial charge is 0.342 e. The number of nitrogens with one attached hydrogen (secondary N) is 1. The average molecular weight is 258 g/mol. The molecule has 0 amide bonds. The second kappa shape index (κ2) is 5.01. The molecule has 0 radical (unpaired) electrons. The molecule has 19 heavy (non-hydrogen) atoms. The summed E-state index contributed by atoms with van der Waals surface area (Å²) in [5.41, 5.74) is 0.737. The van der Waals surface area contributed by atoms with E-state index in [-0.39, 0.29) is 5.78 Å². The predicted octanol–water partition coefficient (Wildman–Crippen LogP) is 1.38. The number of hydrogen-bond acceptors (Lipinski definition) is 3. The molecule has 0 saturated carbocycles. The van der Waals surface area contributed by atoms with E-state index in [1.165, 1.54) is 0 Å². The van der Waals surface area contributed by atoms with E-state index in [0.29, 0.717) is 11.9 Å². The molecule has 0 aromatic carbocycles. The van der Waals surface area contributed by atoms with Gasteiger partial charge in [0, 0.05) is 31.7 Å². The molecule has 1 aliphatic heterocycles. The summed E-state index contributed by atoms with van der Waals surface area (Å²) in [5.74, 6) is 0.491.